The van der Waals surface area contributed by atoms with Crippen LogP contribution in [0.1, 0.15) is 65.7 Å². The van der Waals surface area contributed by atoms with Crippen molar-refractivity contribution in [3.63, 3.8) is 0 Å². The molecule has 2 unspecified atom stereocenters. The first kappa shape index (κ1) is 18.7. The highest BCUT2D eigenvalue weighted by Gasteiger charge is 2.57. The number of carbonyl (C=O) groups excluding carboxylic acids is 2. The summed E-state index contributed by atoms with van der Waals surface area (Å²) in [5.41, 5.74) is -0.886. The fraction of sp³-hybridized carbons (Fsp3) is 0.800. The fourth-order valence-corrected chi connectivity index (χ4v) is 4.45. The molecule has 2 saturated heterocycles. The van der Waals surface area contributed by atoms with Crippen molar-refractivity contribution in [2.45, 2.75) is 89.3 Å². The number of ketones is 2. The molecule has 0 aromatic rings. The first-order chi connectivity index (χ1) is 11.9. The van der Waals surface area contributed by atoms with Gasteiger partial charge in [0, 0.05) is 13.0 Å². The number of carbonyl (C=O) groups is 2. The molecule has 25 heavy (non-hydrogen) atoms. The summed E-state index contributed by atoms with van der Waals surface area (Å²) >= 11 is 0. The largest absolute Gasteiger partial charge is 0.368 e. The number of hydrogen-bond donors (Lipinski definition) is 0. The highest BCUT2D eigenvalue weighted by molar-refractivity contribution is 6.08. The molecule has 3 rings (SSSR count). The van der Waals surface area contributed by atoms with Crippen LogP contribution in [0.3, 0.4) is 0 Å². The number of rotatable bonds is 5. The quantitative estimate of drug-likeness (QED) is 0.712. The van der Waals surface area contributed by atoms with E-state index in [-0.39, 0.29) is 36.0 Å². The Morgan fingerprint density at radius 2 is 2.00 bits per heavy atom. The van der Waals surface area contributed by atoms with Gasteiger partial charge in [-0.1, -0.05) is 19.9 Å². The zero-order chi connectivity index (χ0) is 18.1. The molecule has 4 atom stereocenters. The fourth-order valence-electron chi connectivity index (χ4n) is 4.45. The minimum absolute atomic E-state index is 0.0394. The van der Waals surface area contributed by atoms with Crippen LogP contribution in [-0.4, -0.2) is 41.8 Å². The Bertz CT molecular complexity index is 544. The summed E-state index contributed by atoms with van der Waals surface area (Å²) in [6.07, 6.45) is 8.09. The average Bonchev–Trinajstić information content (AvgIpc) is 2.89. The Hall–Kier alpha value is -1.04. The van der Waals surface area contributed by atoms with Gasteiger partial charge in [0.2, 0.25) is 0 Å². The Labute approximate surface area is 150 Å². The summed E-state index contributed by atoms with van der Waals surface area (Å²) in [6, 6.07) is 0. The first-order valence-corrected chi connectivity index (χ1v) is 9.62. The summed E-state index contributed by atoms with van der Waals surface area (Å²) in [4.78, 5) is 24.1. The molecule has 0 saturated carbocycles. The molecule has 2 fully saturated rings. The van der Waals surface area contributed by atoms with Gasteiger partial charge in [-0.3, -0.25) is 9.59 Å². The van der Waals surface area contributed by atoms with Crippen LogP contribution in [0.4, 0.5) is 0 Å². The second kappa shape index (κ2) is 7.29. The molecular weight excluding hydrogens is 320 g/mol. The van der Waals surface area contributed by atoms with E-state index in [0.29, 0.717) is 0 Å². The minimum Gasteiger partial charge on any atom is -0.368 e. The third-order valence-corrected chi connectivity index (χ3v) is 6.02. The minimum atomic E-state index is -0.598. The summed E-state index contributed by atoms with van der Waals surface area (Å²) in [7, 11) is 0. The number of allylic oxidation sites excluding steroid dienone is 1. The lowest BCUT2D eigenvalue weighted by atomic mass is 9.79. The van der Waals surface area contributed by atoms with Gasteiger partial charge >= 0.3 is 0 Å². The van der Waals surface area contributed by atoms with Crippen molar-refractivity contribution in [3.8, 4) is 0 Å². The molecule has 0 aromatic carbocycles. The SMILES string of the molecule is CCC1(CC)C[C@@](C)(OC2CCCCO2)[C@H](C2C=CC(=O)CC2=O)O1. The lowest BCUT2D eigenvalue weighted by Crippen LogP contribution is -2.48. The van der Waals surface area contributed by atoms with Crippen LogP contribution in [0.15, 0.2) is 12.2 Å². The van der Waals surface area contributed by atoms with E-state index in [1.54, 1.807) is 6.08 Å². The normalized spacial score (nSPS) is 38.3. The van der Waals surface area contributed by atoms with E-state index in [2.05, 4.69) is 13.8 Å². The number of hydrogen-bond acceptors (Lipinski definition) is 5. The molecule has 0 aromatic heterocycles. The molecule has 0 amide bonds. The van der Waals surface area contributed by atoms with Crippen LogP contribution >= 0.6 is 0 Å². The first-order valence-electron chi connectivity index (χ1n) is 9.62. The van der Waals surface area contributed by atoms with Crippen LogP contribution < -0.4 is 0 Å². The van der Waals surface area contributed by atoms with Gasteiger partial charge in [0.1, 0.15) is 11.9 Å². The second-order valence-corrected chi connectivity index (χ2v) is 7.83. The van der Waals surface area contributed by atoms with E-state index in [1.165, 1.54) is 6.08 Å². The highest BCUT2D eigenvalue weighted by atomic mass is 16.7. The molecule has 0 radical (unpaired) electrons. The zero-order valence-electron chi connectivity index (χ0n) is 15.6. The standard InChI is InChI=1S/C20H30O5/c1-4-20(5-2)13-19(3,24-17-8-6-7-11-23-17)18(25-20)15-10-9-14(21)12-16(15)22/h9-10,15,17-18H,4-8,11-13H2,1-3H3/t15?,17?,18-,19+/m0/s1. The lowest BCUT2D eigenvalue weighted by molar-refractivity contribution is -0.235. The van der Waals surface area contributed by atoms with Gasteiger partial charge in [0.05, 0.1) is 23.5 Å². The Balaban J connectivity index is 1.87. The molecule has 0 bridgehead atoms. The van der Waals surface area contributed by atoms with E-state index in [9.17, 15) is 9.59 Å². The average molecular weight is 350 g/mol. The van der Waals surface area contributed by atoms with E-state index >= 15 is 0 Å². The monoisotopic (exact) mass is 350 g/mol. The third-order valence-electron chi connectivity index (χ3n) is 6.02. The number of Topliss-reactive ketones (excluding diaryl/α,β-unsaturated/α-hetero) is 1. The maximum absolute atomic E-state index is 12.5. The predicted molar refractivity (Wildman–Crippen MR) is 93.1 cm³/mol. The van der Waals surface area contributed by atoms with Gasteiger partial charge in [-0.25, -0.2) is 0 Å². The predicted octanol–water partition coefficient (Wildman–Crippen LogP) is 3.35. The van der Waals surface area contributed by atoms with Crippen molar-refractivity contribution in [2.24, 2.45) is 5.92 Å². The van der Waals surface area contributed by atoms with Crippen molar-refractivity contribution < 1.29 is 23.8 Å². The molecule has 1 aliphatic carbocycles. The Kier molecular flexibility index (Phi) is 5.47. The van der Waals surface area contributed by atoms with Crippen LogP contribution in [0.5, 0.6) is 0 Å². The highest BCUT2D eigenvalue weighted by Crippen LogP contribution is 2.48. The van der Waals surface area contributed by atoms with E-state index in [0.717, 1.165) is 45.1 Å². The van der Waals surface area contributed by atoms with Crippen molar-refractivity contribution in [1.29, 1.82) is 0 Å². The molecule has 3 aliphatic rings. The zero-order valence-corrected chi connectivity index (χ0v) is 15.6. The summed E-state index contributed by atoms with van der Waals surface area (Å²) in [6.45, 7) is 6.99. The van der Waals surface area contributed by atoms with Gasteiger partial charge in [-0.2, -0.15) is 0 Å². The summed E-state index contributed by atoms with van der Waals surface area (Å²) in [5, 5.41) is 0. The van der Waals surface area contributed by atoms with Crippen LogP contribution in [0.2, 0.25) is 0 Å². The van der Waals surface area contributed by atoms with Crippen LogP contribution in [0, 0.1) is 5.92 Å². The summed E-state index contributed by atoms with van der Waals surface area (Å²) < 4.78 is 18.7. The van der Waals surface area contributed by atoms with Gasteiger partial charge in [-0.05, 0) is 45.1 Å². The second-order valence-electron chi connectivity index (χ2n) is 7.83. The molecule has 0 spiro atoms. The molecule has 2 heterocycles. The molecule has 140 valence electrons. The molecular formula is C20H30O5. The van der Waals surface area contributed by atoms with E-state index < -0.39 is 11.5 Å². The molecule has 0 N–H and O–H groups in total. The van der Waals surface area contributed by atoms with E-state index in [1.807, 2.05) is 6.92 Å². The molecule has 5 heteroatoms. The molecule has 5 nitrogen and oxygen atoms in total. The number of ether oxygens (including phenoxy) is 3. The smallest absolute Gasteiger partial charge is 0.162 e. The van der Waals surface area contributed by atoms with Gasteiger partial charge in [0.25, 0.3) is 0 Å². The van der Waals surface area contributed by atoms with Gasteiger partial charge in [0.15, 0.2) is 12.1 Å². The van der Waals surface area contributed by atoms with Crippen molar-refractivity contribution >= 4 is 11.6 Å². The topological polar surface area (TPSA) is 61.8 Å². The van der Waals surface area contributed by atoms with Crippen LogP contribution in [0.25, 0.3) is 0 Å². The summed E-state index contributed by atoms with van der Waals surface area (Å²) in [5.74, 6) is -0.624. The van der Waals surface area contributed by atoms with Gasteiger partial charge < -0.3 is 14.2 Å². The Morgan fingerprint density at radius 3 is 2.60 bits per heavy atom. The maximum Gasteiger partial charge on any atom is 0.162 e. The lowest BCUT2D eigenvalue weighted by Gasteiger charge is -2.38. The Morgan fingerprint density at radius 1 is 1.24 bits per heavy atom. The third kappa shape index (κ3) is 3.74. The van der Waals surface area contributed by atoms with Crippen LogP contribution in [-0.2, 0) is 23.8 Å². The maximum atomic E-state index is 12.5. The van der Waals surface area contributed by atoms with Crippen molar-refractivity contribution in [1.82, 2.24) is 0 Å². The van der Waals surface area contributed by atoms with Gasteiger partial charge in [-0.15, -0.1) is 0 Å². The van der Waals surface area contributed by atoms with Crippen molar-refractivity contribution in [3.05, 3.63) is 12.2 Å². The van der Waals surface area contributed by atoms with Crippen molar-refractivity contribution in [2.75, 3.05) is 6.61 Å². The molecule has 2 aliphatic heterocycles. The van der Waals surface area contributed by atoms with E-state index in [4.69, 9.17) is 14.2 Å².